The number of non-ortho nitro benzene ring substituents is 1. The lowest BCUT2D eigenvalue weighted by molar-refractivity contribution is -0.385. The third kappa shape index (κ3) is 3.83. The van der Waals surface area contributed by atoms with E-state index < -0.39 is 14.9 Å². The van der Waals surface area contributed by atoms with Crippen LogP contribution in [-0.4, -0.2) is 54.6 Å². The molecule has 0 aromatic heterocycles. The number of carbonyl (C=O) groups is 1. The highest BCUT2D eigenvalue weighted by Crippen LogP contribution is 2.25. The lowest BCUT2D eigenvalue weighted by Gasteiger charge is -2.34. The third-order valence-corrected chi connectivity index (χ3v) is 6.59. The van der Waals surface area contributed by atoms with Crippen LogP contribution >= 0.6 is 0 Å². The minimum absolute atomic E-state index is 0.0699. The molecule has 0 unspecified atom stereocenters. The van der Waals surface area contributed by atoms with Gasteiger partial charge in [0.15, 0.2) is 0 Å². The Bertz CT molecular complexity index is 968. The van der Waals surface area contributed by atoms with Crippen molar-refractivity contribution in [3.05, 3.63) is 69.8 Å². The van der Waals surface area contributed by atoms with E-state index in [0.29, 0.717) is 11.1 Å². The summed E-state index contributed by atoms with van der Waals surface area (Å²) in [7, 11) is -3.87. The zero-order chi connectivity index (χ0) is 19.6. The fraction of sp³-hybridized carbons (Fsp3) is 0.278. The number of hydrogen-bond donors (Lipinski definition) is 0. The van der Waals surface area contributed by atoms with E-state index in [4.69, 9.17) is 0 Å². The van der Waals surface area contributed by atoms with Crippen LogP contribution < -0.4 is 0 Å². The van der Waals surface area contributed by atoms with Gasteiger partial charge in [-0.3, -0.25) is 14.9 Å². The first-order valence-electron chi connectivity index (χ1n) is 8.40. The van der Waals surface area contributed by atoms with E-state index in [1.54, 1.807) is 36.1 Å². The van der Waals surface area contributed by atoms with Gasteiger partial charge < -0.3 is 4.90 Å². The van der Waals surface area contributed by atoms with Gasteiger partial charge in [-0.25, -0.2) is 8.42 Å². The molecule has 1 heterocycles. The van der Waals surface area contributed by atoms with Gasteiger partial charge in [0, 0.05) is 43.9 Å². The number of benzene rings is 2. The van der Waals surface area contributed by atoms with Crippen LogP contribution in [0.15, 0.2) is 53.4 Å². The second kappa shape index (κ2) is 7.45. The van der Waals surface area contributed by atoms with E-state index in [1.165, 1.54) is 16.4 Å². The van der Waals surface area contributed by atoms with Gasteiger partial charge in [-0.2, -0.15) is 4.31 Å². The highest BCUT2D eigenvalue weighted by atomic mass is 32.2. The summed E-state index contributed by atoms with van der Waals surface area (Å²) in [5, 5.41) is 11.0. The van der Waals surface area contributed by atoms with E-state index in [2.05, 4.69) is 0 Å². The number of nitrogens with zero attached hydrogens (tertiary/aromatic N) is 3. The zero-order valence-corrected chi connectivity index (χ0v) is 15.6. The van der Waals surface area contributed by atoms with Crippen molar-refractivity contribution >= 4 is 21.6 Å². The van der Waals surface area contributed by atoms with Crippen LogP contribution in [0.3, 0.4) is 0 Å². The van der Waals surface area contributed by atoms with Crippen molar-refractivity contribution in [1.29, 1.82) is 0 Å². The van der Waals surface area contributed by atoms with E-state index in [0.717, 1.165) is 6.07 Å². The van der Waals surface area contributed by atoms with Crippen LogP contribution in [0.25, 0.3) is 0 Å². The molecule has 0 radical (unpaired) electrons. The van der Waals surface area contributed by atoms with Crippen molar-refractivity contribution in [3.63, 3.8) is 0 Å². The normalized spacial score (nSPS) is 15.5. The maximum atomic E-state index is 12.9. The summed E-state index contributed by atoms with van der Waals surface area (Å²) in [5.74, 6) is -0.140. The fourth-order valence-corrected chi connectivity index (χ4v) is 4.68. The number of rotatable bonds is 4. The van der Waals surface area contributed by atoms with Crippen molar-refractivity contribution in [2.75, 3.05) is 26.2 Å². The first-order valence-corrected chi connectivity index (χ1v) is 9.84. The van der Waals surface area contributed by atoms with E-state index in [-0.39, 0.29) is 42.7 Å². The Hall–Kier alpha value is -2.78. The van der Waals surface area contributed by atoms with Gasteiger partial charge in [0.05, 0.1) is 9.82 Å². The second-order valence-electron chi connectivity index (χ2n) is 6.27. The summed E-state index contributed by atoms with van der Waals surface area (Å²) in [4.78, 5) is 24.4. The number of aryl methyl sites for hydroxylation is 1. The maximum Gasteiger partial charge on any atom is 0.270 e. The molecule has 27 heavy (non-hydrogen) atoms. The van der Waals surface area contributed by atoms with Gasteiger partial charge in [0.1, 0.15) is 0 Å². The Morgan fingerprint density at radius 2 is 1.67 bits per heavy atom. The molecule has 0 saturated carbocycles. The largest absolute Gasteiger partial charge is 0.336 e. The summed E-state index contributed by atoms with van der Waals surface area (Å²) < 4.78 is 27.1. The highest BCUT2D eigenvalue weighted by molar-refractivity contribution is 7.89. The molecule has 2 aromatic rings. The Morgan fingerprint density at radius 3 is 2.26 bits per heavy atom. The SMILES string of the molecule is Cc1ccc([N+](=O)[O-])cc1S(=O)(=O)N1CCN(C(=O)c2ccccc2)CC1. The number of nitro groups is 1. The van der Waals surface area contributed by atoms with Crippen molar-refractivity contribution in [2.45, 2.75) is 11.8 Å². The van der Waals surface area contributed by atoms with Crippen molar-refractivity contribution in [2.24, 2.45) is 0 Å². The Morgan fingerprint density at radius 1 is 1.04 bits per heavy atom. The molecular formula is C18H19N3O5S. The van der Waals surface area contributed by atoms with Crippen LogP contribution in [0.4, 0.5) is 5.69 Å². The van der Waals surface area contributed by atoms with Gasteiger partial charge >= 0.3 is 0 Å². The molecule has 1 aliphatic heterocycles. The number of piperazine rings is 1. The minimum Gasteiger partial charge on any atom is -0.336 e. The van der Waals surface area contributed by atoms with Crippen LogP contribution in [0.1, 0.15) is 15.9 Å². The molecule has 1 amide bonds. The van der Waals surface area contributed by atoms with Crippen molar-refractivity contribution < 1.29 is 18.1 Å². The number of amides is 1. The van der Waals surface area contributed by atoms with Crippen LogP contribution in [0, 0.1) is 17.0 Å². The minimum atomic E-state index is -3.87. The average molecular weight is 389 g/mol. The molecule has 0 atom stereocenters. The number of sulfonamides is 1. The number of hydrogen-bond acceptors (Lipinski definition) is 5. The Labute approximate surface area is 157 Å². The summed E-state index contributed by atoms with van der Waals surface area (Å²) in [6, 6.07) is 12.6. The smallest absolute Gasteiger partial charge is 0.270 e. The van der Waals surface area contributed by atoms with Gasteiger partial charge in [-0.1, -0.05) is 24.3 Å². The molecule has 2 aromatic carbocycles. The molecule has 8 nitrogen and oxygen atoms in total. The standard InChI is InChI=1S/C18H19N3O5S/c1-14-7-8-16(21(23)24)13-17(14)27(25,26)20-11-9-19(10-12-20)18(22)15-5-3-2-4-6-15/h2-8,13H,9-12H2,1H3. The maximum absolute atomic E-state index is 12.9. The first kappa shape index (κ1) is 19.0. The second-order valence-corrected chi connectivity index (χ2v) is 8.18. The molecule has 3 rings (SSSR count). The predicted octanol–water partition coefficient (Wildman–Crippen LogP) is 2.05. The average Bonchev–Trinajstić information content (AvgIpc) is 2.68. The molecule has 0 spiro atoms. The number of nitro benzene ring substituents is 1. The molecule has 1 aliphatic rings. The molecule has 0 aliphatic carbocycles. The van der Waals surface area contributed by atoms with Crippen LogP contribution in [0.2, 0.25) is 0 Å². The van der Waals surface area contributed by atoms with Gasteiger partial charge in [-0.15, -0.1) is 0 Å². The van der Waals surface area contributed by atoms with E-state index in [1.807, 2.05) is 6.07 Å². The molecular weight excluding hydrogens is 370 g/mol. The van der Waals surface area contributed by atoms with Crippen molar-refractivity contribution in [1.82, 2.24) is 9.21 Å². The van der Waals surface area contributed by atoms with Crippen molar-refractivity contribution in [3.8, 4) is 0 Å². The van der Waals surface area contributed by atoms with Gasteiger partial charge in [0.2, 0.25) is 10.0 Å². The first-order chi connectivity index (χ1) is 12.8. The predicted molar refractivity (Wildman–Crippen MR) is 98.9 cm³/mol. The summed E-state index contributed by atoms with van der Waals surface area (Å²) in [6.07, 6.45) is 0. The zero-order valence-electron chi connectivity index (χ0n) is 14.7. The highest BCUT2D eigenvalue weighted by Gasteiger charge is 2.32. The monoisotopic (exact) mass is 389 g/mol. The van der Waals surface area contributed by atoms with Crippen LogP contribution in [-0.2, 0) is 10.0 Å². The van der Waals surface area contributed by atoms with Gasteiger partial charge in [0.25, 0.3) is 11.6 Å². The molecule has 1 fully saturated rings. The third-order valence-electron chi connectivity index (χ3n) is 4.55. The molecule has 0 bridgehead atoms. The summed E-state index contributed by atoms with van der Waals surface area (Å²) in [5.41, 5.74) is 0.740. The Kier molecular flexibility index (Phi) is 5.24. The van der Waals surface area contributed by atoms with Crippen LogP contribution in [0.5, 0.6) is 0 Å². The molecule has 1 saturated heterocycles. The van der Waals surface area contributed by atoms with E-state index >= 15 is 0 Å². The molecule has 142 valence electrons. The summed E-state index contributed by atoms with van der Waals surface area (Å²) in [6.45, 7) is 2.42. The topological polar surface area (TPSA) is 101 Å². The lowest BCUT2D eigenvalue weighted by atomic mass is 10.2. The fourth-order valence-electron chi connectivity index (χ4n) is 3.01. The number of carbonyl (C=O) groups excluding carboxylic acids is 1. The molecule has 0 N–H and O–H groups in total. The molecule has 9 heteroatoms. The lowest BCUT2D eigenvalue weighted by Crippen LogP contribution is -2.50. The Balaban J connectivity index is 1.76. The van der Waals surface area contributed by atoms with Gasteiger partial charge in [-0.05, 0) is 24.6 Å². The quantitative estimate of drug-likeness (QED) is 0.588. The summed E-state index contributed by atoms with van der Waals surface area (Å²) >= 11 is 0. The van der Waals surface area contributed by atoms with E-state index in [9.17, 15) is 23.3 Å².